The second kappa shape index (κ2) is 22.0. The molecule has 6 atom stereocenters. The van der Waals surface area contributed by atoms with E-state index in [-0.39, 0.29) is 62.3 Å². The molecule has 14 heteroatoms. The molecule has 66 heavy (non-hydrogen) atoms. The molecule has 0 bridgehead atoms. The van der Waals surface area contributed by atoms with Gasteiger partial charge in [0, 0.05) is 49.8 Å². The molecule has 0 saturated heterocycles. The number of amides is 2. The number of anilines is 1. The molecule has 2 amide bonds. The predicted molar refractivity (Wildman–Crippen MR) is 249 cm³/mol. The Labute approximate surface area is 386 Å². The molecule has 1 saturated carbocycles. The fourth-order valence-corrected chi connectivity index (χ4v) is 9.73. The summed E-state index contributed by atoms with van der Waals surface area (Å²) in [5.74, 6) is -1.11. The van der Waals surface area contributed by atoms with E-state index in [0.29, 0.717) is 52.6 Å². The lowest BCUT2D eigenvalue weighted by atomic mass is 9.55. The van der Waals surface area contributed by atoms with Crippen molar-refractivity contribution >= 4 is 23.4 Å². The largest absolute Gasteiger partial charge is 0.497 e. The number of hydrogen-bond acceptors (Lipinski definition) is 12. The number of carbonyl (C=O) groups is 2. The van der Waals surface area contributed by atoms with E-state index in [1.807, 2.05) is 36.4 Å². The van der Waals surface area contributed by atoms with E-state index in [0.717, 1.165) is 42.4 Å². The third-order valence-corrected chi connectivity index (χ3v) is 12.8. The normalized spacial score (nSPS) is 22.0. The van der Waals surface area contributed by atoms with Crippen molar-refractivity contribution in [3.63, 3.8) is 0 Å². The highest BCUT2D eigenvalue weighted by Gasteiger charge is 2.65. The summed E-state index contributed by atoms with van der Waals surface area (Å²) < 4.78 is 31.1. The number of carbonyl (C=O) groups excluding carboxylic acids is 2. The van der Waals surface area contributed by atoms with Gasteiger partial charge >= 0.3 is 6.09 Å². The molecule has 2 aliphatic carbocycles. The van der Waals surface area contributed by atoms with Gasteiger partial charge < -0.3 is 43.6 Å². The highest BCUT2D eigenvalue weighted by atomic mass is 16.7. The number of nitrogens with zero attached hydrogens (tertiary/aromatic N) is 3. The van der Waals surface area contributed by atoms with Crippen LogP contribution in [0.25, 0.3) is 0 Å². The topological polar surface area (TPSA) is 181 Å². The van der Waals surface area contributed by atoms with Crippen LogP contribution in [-0.4, -0.2) is 85.7 Å². The minimum absolute atomic E-state index is 0.0150. The molecule has 1 fully saturated rings. The second-order valence-corrected chi connectivity index (χ2v) is 16.7. The van der Waals surface area contributed by atoms with Crippen molar-refractivity contribution < 1.29 is 48.3 Å². The Bertz CT molecular complexity index is 2430. The molecular weight excluding hydrogens is 841 g/mol. The standard InChI is InChI=1S/C52H58N4O10/c1-5-27-63-52-47(56(2)50(59)36-19-17-34(32-53)18-20-36)31-44(55-64-33-35-13-7-6-8-14-35)41-28-37(15-9-11-25-57)40(16-10-12-26-58)48(49(41)52)42-29-39(22-24-45(42)66-52)65-51(60)54-43-23-21-38(61-3)30-46(43)62-4/h5-8,13-14,17-24,28-30,37,40,47-49,57-58H,1,9-12,15-16,25-27,31,33H2,2-4H3,(H,54,60). The lowest BCUT2D eigenvalue weighted by Crippen LogP contribution is -2.69. The van der Waals surface area contributed by atoms with Crippen LogP contribution in [0.2, 0.25) is 0 Å². The molecule has 4 aromatic carbocycles. The zero-order valence-corrected chi connectivity index (χ0v) is 37.7. The van der Waals surface area contributed by atoms with Gasteiger partial charge in [-0.1, -0.05) is 60.5 Å². The number of aliphatic hydroxyl groups excluding tert-OH is 2. The van der Waals surface area contributed by atoms with Gasteiger partial charge in [-0.05, 0) is 103 Å². The molecule has 1 heterocycles. The number of unbranched alkanes of at least 4 members (excludes halogenated alkanes) is 2. The summed E-state index contributed by atoms with van der Waals surface area (Å²) in [4.78, 5) is 36.0. The molecule has 346 valence electrons. The first-order chi connectivity index (χ1) is 32.2. The van der Waals surface area contributed by atoms with Gasteiger partial charge in [-0.15, -0.1) is 6.58 Å². The van der Waals surface area contributed by atoms with Gasteiger partial charge in [0.05, 0.1) is 49.8 Å². The van der Waals surface area contributed by atoms with E-state index in [1.165, 1.54) is 7.11 Å². The Balaban J connectivity index is 1.38. The summed E-state index contributed by atoms with van der Waals surface area (Å²) in [6, 6.07) is 27.9. The maximum atomic E-state index is 14.6. The first-order valence-electron chi connectivity index (χ1n) is 22.4. The number of fused-ring (bicyclic) bond motifs is 2. The van der Waals surface area contributed by atoms with Gasteiger partial charge in [0.15, 0.2) is 0 Å². The van der Waals surface area contributed by atoms with Crippen molar-refractivity contribution in [2.75, 3.05) is 46.4 Å². The second-order valence-electron chi connectivity index (χ2n) is 16.7. The van der Waals surface area contributed by atoms with Crippen LogP contribution in [0.15, 0.2) is 120 Å². The number of methoxy groups -OCH3 is 2. The van der Waals surface area contributed by atoms with Crippen molar-refractivity contribution in [1.29, 1.82) is 5.26 Å². The minimum Gasteiger partial charge on any atom is -0.497 e. The van der Waals surface area contributed by atoms with Gasteiger partial charge in [0.25, 0.3) is 5.91 Å². The third kappa shape index (κ3) is 10.2. The predicted octanol–water partition coefficient (Wildman–Crippen LogP) is 8.79. The smallest absolute Gasteiger partial charge is 0.417 e. The third-order valence-electron chi connectivity index (χ3n) is 12.8. The van der Waals surface area contributed by atoms with Gasteiger partial charge in [0.2, 0.25) is 5.79 Å². The minimum atomic E-state index is -1.50. The Morgan fingerprint density at radius 3 is 2.39 bits per heavy atom. The fourth-order valence-electron chi connectivity index (χ4n) is 9.73. The van der Waals surface area contributed by atoms with Gasteiger partial charge in [-0.2, -0.15) is 5.26 Å². The van der Waals surface area contributed by atoms with Gasteiger partial charge in [-0.3, -0.25) is 10.1 Å². The Hall–Kier alpha value is -6.66. The number of aliphatic hydroxyl groups is 2. The molecule has 7 rings (SSSR count). The van der Waals surface area contributed by atoms with Crippen LogP contribution in [0.4, 0.5) is 10.5 Å². The SMILES string of the molecule is C=CCOC12Oc3ccc(OC(=O)Nc4ccc(OC)cc4OC)cc3C3C(CCCCO)C(CCCCO)C=C(C(=NOCc4ccccc4)CC1N(C)C(=O)c1ccc(C#N)cc1)C32. The Morgan fingerprint density at radius 2 is 1.70 bits per heavy atom. The molecule has 4 aromatic rings. The maximum absolute atomic E-state index is 14.6. The first-order valence-corrected chi connectivity index (χ1v) is 22.4. The van der Waals surface area contributed by atoms with Crippen LogP contribution in [0.5, 0.6) is 23.0 Å². The highest BCUT2D eigenvalue weighted by Crippen LogP contribution is 2.62. The van der Waals surface area contributed by atoms with Crippen LogP contribution in [0.3, 0.4) is 0 Å². The van der Waals surface area contributed by atoms with Crippen molar-refractivity contribution in [1.82, 2.24) is 4.90 Å². The summed E-state index contributed by atoms with van der Waals surface area (Å²) >= 11 is 0. The number of benzene rings is 4. The van der Waals surface area contributed by atoms with Crippen LogP contribution in [0.1, 0.15) is 77.9 Å². The summed E-state index contributed by atoms with van der Waals surface area (Å²) in [6.07, 6.45) is 7.57. The van der Waals surface area contributed by atoms with Gasteiger partial charge in [-0.25, -0.2) is 4.79 Å². The average molecular weight is 899 g/mol. The maximum Gasteiger partial charge on any atom is 0.417 e. The quantitative estimate of drug-likeness (QED) is 0.0438. The molecule has 1 aliphatic heterocycles. The summed E-state index contributed by atoms with van der Waals surface area (Å²) in [6.45, 7) is 4.39. The van der Waals surface area contributed by atoms with E-state index >= 15 is 0 Å². The number of rotatable bonds is 20. The average Bonchev–Trinajstić information content (AvgIpc) is 3.34. The van der Waals surface area contributed by atoms with Crippen LogP contribution < -0.4 is 24.3 Å². The molecule has 3 N–H and O–H groups in total. The number of hydrogen-bond donors (Lipinski definition) is 3. The van der Waals surface area contributed by atoms with E-state index in [9.17, 15) is 25.1 Å². The van der Waals surface area contributed by atoms with Crippen LogP contribution in [-0.2, 0) is 16.2 Å². The zero-order chi connectivity index (χ0) is 46.6. The van der Waals surface area contributed by atoms with Crippen molar-refractivity contribution in [3.8, 4) is 29.1 Å². The lowest BCUT2D eigenvalue weighted by molar-refractivity contribution is -0.252. The number of nitrogens with one attached hydrogen (secondary N) is 1. The van der Waals surface area contributed by atoms with Crippen LogP contribution in [0, 0.1) is 29.1 Å². The van der Waals surface area contributed by atoms with E-state index in [4.69, 9.17) is 33.7 Å². The number of likely N-dealkylation sites (N-methyl/N-ethyl adjacent to an activating group) is 1. The molecule has 0 aromatic heterocycles. The molecule has 6 unspecified atom stereocenters. The molecule has 0 radical (unpaired) electrons. The lowest BCUT2D eigenvalue weighted by Gasteiger charge is -2.59. The fraction of sp³-hybridized carbons (Fsp3) is 0.385. The summed E-state index contributed by atoms with van der Waals surface area (Å²) in [5, 5.41) is 37.1. The number of oxime groups is 1. The van der Waals surface area contributed by atoms with Crippen LogP contribution >= 0.6 is 0 Å². The monoisotopic (exact) mass is 898 g/mol. The van der Waals surface area contributed by atoms with E-state index < -0.39 is 23.8 Å². The van der Waals surface area contributed by atoms with Crippen molar-refractivity contribution in [3.05, 3.63) is 138 Å². The van der Waals surface area contributed by atoms with Crippen molar-refractivity contribution in [2.45, 2.75) is 69.3 Å². The molecule has 0 spiro atoms. The summed E-state index contributed by atoms with van der Waals surface area (Å²) in [5.41, 5.74) is 4.41. The highest BCUT2D eigenvalue weighted by molar-refractivity contribution is 6.03. The first kappa shape index (κ1) is 47.3. The number of nitriles is 1. The Kier molecular flexibility index (Phi) is 15.8. The zero-order valence-electron chi connectivity index (χ0n) is 37.7. The van der Waals surface area contributed by atoms with Crippen molar-refractivity contribution in [2.24, 2.45) is 22.9 Å². The van der Waals surface area contributed by atoms with E-state index in [1.54, 1.807) is 79.7 Å². The summed E-state index contributed by atoms with van der Waals surface area (Å²) in [7, 11) is 4.76. The van der Waals surface area contributed by atoms with Gasteiger partial charge in [0.1, 0.15) is 35.6 Å². The number of ether oxygens (including phenoxy) is 5. The molecule has 3 aliphatic rings. The molecular formula is C52H58N4O10. The van der Waals surface area contributed by atoms with E-state index in [2.05, 4.69) is 24.0 Å². The Morgan fingerprint density at radius 1 is 0.955 bits per heavy atom. The molecule has 14 nitrogen and oxygen atoms in total. The number of allylic oxidation sites excluding steroid dienone is 1.